The second-order valence-corrected chi connectivity index (χ2v) is 8.78. The van der Waals surface area contributed by atoms with Crippen LogP contribution in [0.4, 0.5) is 11.4 Å². The highest BCUT2D eigenvalue weighted by Crippen LogP contribution is 2.39. The van der Waals surface area contributed by atoms with E-state index in [0.29, 0.717) is 48.2 Å². The monoisotopic (exact) mass is 515 g/mol. The topological polar surface area (TPSA) is 61.9 Å². The van der Waals surface area contributed by atoms with E-state index in [0.717, 1.165) is 20.9 Å². The number of halogens is 2. The van der Waals surface area contributed by atoms with Crippen LogP contribution in [0.1, 0.15) is 17.3 Å². The summed E-state index contributed by atoms with van der Waals surface area (Å²) in [4.78, 5) is 28.9. The lowest BCUT2D eigenvalue weighted by atomic mass is 10.0. The number of para-hydroxylation sites is 1. The first-order valence-corrected chi connectivity index (χ1v) is 11.4. The van der Waals surface area contributed by atoms with Crippen LogP contribution < -0.4 is 15.0 Å². The van der Waals surface area contributed by atoms with Gasteiger partial charge in [0.05, 0.1) is 33.5 Å². The zero-order valence-electron chi connectivity index (χ0n) is 17.8. The Kier molecular flexibility index (Phi) is 6.58. The summed E-state index contributed by atoms with van der Waals surface area (Å²) in [5, 5.41) is 5.46. The van der Waals surface area contributed by atoms with Gasteiger partial charge in [0.25, 0.3) is 5.91 Å². The third-order valence-corrected chi connectivity index (χ3v) is 6.76. The van der Waals surface area contributed by atoms with Crippen molar-refractivity contribution < 1.29 is 14.3 Å². The number of fused-ring (bicyclic) bond motifs is 1. The van der Waals surface area contributed by atoms with Crippen LogP contribution >= 0.6 is 27.5 Å². The highest BCUT2D eigenvalue weighted by molar-refractivity contribution is 9.10. The van der Waals surface area contributed by atoms with Gasteiger partial charge in [-0.15, -0.1) is 0 Å². The molecule has 0 saturated carbocycles. The minimum atomic E-state index is -0.292. The van der Waals surface area contributed by atoms with E-state index in [1.54, 1.807) is 26.2 Å². The molecule has 1 fully saturated rings. The van der Waals surface area contributed by atoms with Crippen molar-refractivity contribution in [2.24, 2.45) is 0 Å². The van der Waals surface area contributed by atoms with E-state index in [1.165, 1.54) is 0 Å². The van der Waals surface area contributed by atoms with Crippen molar-refractivity contribution in [3.8, 4) is 5.75 Å². The first-order valence-electron chi connectivity index (χ1n) is 10.3. The Balaban J connectivity index is 1.67. The Morgan fingerprint density at radius 1 is 1.06 bits per heavy atom. The fourth-order valence-corrected chi connectivity index (χ4v) is 5.06. The molecule has 0 atom stereocenters. The summed E-state index contributed by atoms with van der Waals surface area (Å²) in [6.45, 7) is 4.07. The Morgan fingerprint density at radius 2 is 1.78 bits per heavy atom. The normalized spacial score (nSPS) is 13.9. The summed E-state index contributed by atoms with van der Waals surface area (Å²) in [7, 11) is 1.55. The Bertz CT molecular complexity index is 1190. The van der Waals surface area contributed by atoms with Crippen LogP contribution in [0.2, 0.25) is 5.02 Å². The molecule has 0 aliphatic carbocycles. The van der Waals surface area contributed by atoms with Crippen LogP contribution in [0.25, 0.3) is 10.8 Å². The largest absolute Gasteiger partial charge is 0.495 e. The minimum absolute atomic E-state index is 0.0614. The molecular formula is C24H23BrClN3O3. The molecule has 0 spiro atoms. The number of nitrogens with one attached hydrogen (secondary N) is 1. The van der Waals surface area contributed by atoms with Crippen LogP contribution in [0.15, 0.2) is 53.0 Å². The molecule has 32 heavy (non-hydrogen) atoms. The van der Waals surface area contributed by atoms with Gasteiger partial charge in [-0.1, -0.05) is 41.9 Å². The van der Waals surface area contributed by atoms with Gasteiger partial charge in [0, 0.05) is 33.1 Å². The number of carbonyl (C=O) groups excluding carboxylic acids is 2. The second kappa shape index (κ2) is 9.38. The van der Waals surface area contributed by atoms with E-state index in [4.69, 9.17) is 16.3 Å². The predicted octanol–water partition coefficient (Wildman–Crippen LogP) is 5.19. The van der Waals surface area contributed by atoms with Gasteiger partial charge in [0.1, 0.15) is 5.75 Å². The average molecular weight is 517 g/mol. The molecule has 8 heteroatoms. The van der Waals surface area contributed by atoms with Gasteiger partial charge < -0.3 is 19.9 Å². The van der Waals surface area contributed by atoms with Crippen molar-refractivity contribution in [1.29, 1.82) is 0 Å². The maximum absolute atomic E-state index is 13.4. The first-order chi connectivity index (χ1) is 15.4. The molecule has 0 aromatic heterocycles. The molecule has 166 valence electrons. The molecule has 1 saturated heterocycles. The molecule has 6 nitrogen and oxygen atoms in total. The molecule has 1 aliphatic rings. The lowest BCUT2D eigenvalue weighted by Crippen LogP contribution is -2.48. The van der Waals surface area contributed by atoms with E-state index in [9.17, 15) is 9.59 Å². The maximum atomic E-state index is 13.4. The van der Waals surface area contributed by atoms with E-state index in [-0.39, 0.29) is 11.8 Å². The number of anilines is 2. The van der Waals surface area contributed by atoms with Crippen molar-refractivity contribution in [2.75, 3.05) is 43.5 Å². The summed E-state index contributed by atoms with van der Waals surface area (Å²) in [6.07, 6.45) is 0. The number of carbonyl (C=O) groups is 2. The van der Waals surface area contributed by atoms with Gasteiger partial charge in [-0.2, -0.15) is 0 Å². The number of hydrogen-bond donors (Lipinski definition) is 1. The van der Waals surface area contributed by atoms with Gasteiger partial charge in [-0.05, 0) is 44.9 Å². The van der Waals surface area contributed by atoms with Gasteiger partial charge in [0.2, 0.25) is 5.91 Å². The van der Waals surface area contributed by atoms with Crippen LogP contribution in [0.5, 0.6) is 5.75 Å². The summed E-state index contributed by atoms with van der Waals surface area (Å²) >= 11 is 10.1. The maximum Gasteiger partial charge on any atom is 0.259 e. The Morgan fingerprint density at radius 3 is 2.47 bits per heavy atom. The summed E-state index contributed by atoms with van der Waals surface area (Å²) < 4.78 is 6.30. The van der Waals surface area contributed by atoms with E-state index in [1.807, 2.05) is 41.3 Å². The van der Waals surface area contributed by atoms with Crippen molar-refractivity contribution >= 4 is 61.5 Å². The number of methoxy groups -OCH3 is 1. The lowest BCUT2D eigenvalue weighted by Gasteiger charge is -2.37. The summed E-state index contributed by atoms with van der Waals surface area (Å²) in [5.74, 6) is 0.241. The minimum Gasteiger partial charge on any atom is -0.495 e. The molecule has 3 aromatic rings. The molecular weight excluding hydrogens is 494 g/mol. The predicted molar refractivity (Wildman–Crippen MR) is 132 cm³/mol. The Hall–Kier alpha value is -2.77. The highest BCUT2D eigenvalue weighted by atomic mass is 79.9. The van der Waals surface area contributed by atoms with E-state index >= 15 is 0 Å². The molecule has 1 heterocycles. The van der Waals surface area contributed by atoms with Crippen LogP contribution in [-0.2, 0) is 4.79 Å². The van der Waals surface area contributed by atoms with Crippen LogP contribution in [-0.4, -0.2) is 50.0 Å². The zero-order chi connectivity index (χ0) is 22.8. The highest BCUT2D eigenvalue weighted by Gasteiger charge is 2.24. The summed E-state index contributed by atoms with van der Waals surface area (Å²) in [6, 6.07) is 15.1. The first kappa shape index (κ1) is 22.4. The van der Waals surface area contributed by atoms with E-state index in [2.05, 4.69) is 26.1 Å². The smallest absolute Gasteiger partial charge is 0.259 e. The molecule has 4 rings (SSSR count). The fraction of sp³-hybridized carbons (Fsp3) is 0.250. The Labute approximate surface area is 200 Å². The number of rotatable bonds is 4. The molecule has 3 aromatic carbocycles. The third kappa shape index (κ3) is 4.27. The molecule has 1 aliphatic heterocycles. The SMILES string of the molecule is COc1c(C(=O)Nc2cccc(Cl)c2N2CCN(C(C)=O)CC2)cc2ccccc2c1Br. The van der Waals surface area contributed by atoms with Gasteiger partial charge in [-0.3, -0.25) is 9.59 Å². The number of piperazine rings is 1. The number of nitrogens with zero attached hydrogens (tertiary/aromatic N) is 2. The number of amides is 2. The molecule has 1 N–H and O–H groups in total. The summed E-state index contributed by atoms with van der Waals surface area (Å²) in [5.41, 5.74) is 1.79. The standard InChI is InChI=1S/C24H23BrClN3O3/c1-15(30)28-10-12-29(13-11-28)22-19(26)8-5-9-20(22)27-24(31)18-14-16-6-3-4-7-17(16)21(25)23(18)32-2/h3-9,14H,10-13H2,1-2H3,(H,27,31). The van der Waals surface area contributed by atoms with Crippen molar-refractivity contribution in [1.82, 2.24) is 4.90 Å². The number of benzene rings is 3. The number of ether oxygens (including phenoxy) is 1. The number of hydrogen-bond acceptors (Lipinski definition) is 4. The van der Waals surface area contributed by atoms with Crippen molar-refractivity contribution in [3.63, 3.8) is 0 Å². The fourth-order valence-electron chi connectivity index (χ4n) is 4.02. The molecule has 0 unspecified atom stereocenters. The lowest BCUT2D eigenvalue weighted by molar-refractivity contribution is -0.129. The van der Waals surface area contributed by atoms with Gasteiger partial charge in [0.15, 0.2) is 0 Å². The van der Waals surface area contributed by atoms with Crippen LogP contribution in [0, 0.1) is 0 Å². The molecule has 0 bridgehead atoms. The average Bonchev–Trinajstić information content (AvgIpc) is 2.79. The molecule has 0 radical (unpaired) electrons. The van der Waals surface area contributed by atoms with Gasteiger partial charge >= 0.3 is 0 Å². The molecule has 2 amide bonds. The second-order valence-electron chi connectivity index (χ2n) is 7.58. The third-order valence-electron chi connectivity index (χ3n) is 5.67. The van der Waals surface area contributed by atoms with Crippen molar-refractivity contribution in [3.05, 3.63) is 63.6 Å². The van der Waals surface area contributed by atoms with E-state index < -0.39 is 0 Å². The van der Waals surface area contributed by atoms with Crippen molar-refractivity contribution in [2.45, 2.75) is 6.92 Å². The van der Waals surface area contributed by atoms with Crippen LogP contribution in [0.3, 0.4) is 0 Å². The van der Waals surface area contributed by atoms with Gasteiger partial charge in [-0.25, -0.2) is 0 Å². The zero-order valence-corrected chi connectivity index (χ0v) is 20.2. The quantitative estimate of drug-likeness (QED) is 0.519.